The average molecular weight is 419 g/mol. The normalized spacial score (nSPS) is 16.9. The van der Waals surface area contributed by atoms with E-state index >= 15 is 0 Å². The second kappa shape index (κ2) is 8.55. The summed E-state index contributed by atoms with van der Waals surface area (Å²) >= 11 is 0. The molecule has 7 nitrogen and oxygen atoms in total. The van der Waals surface area contributed by atoms with Crippen LogP contribution in [0.15, 0.2) is 65.3 Å². The van der Waals surface area contributed by atoms with Crippen LogP contribution in [-0.2, 0) is 0 Å². The predicted octanol–water partition coefficient (Wildman–Crippen LogP) is 3.87. The van der Waals surface area contributed by atoms with E-state index in [0.29, 0.717) is 28.5 Å². The van der Waals surface area contributed by atoms with Crippen molar-refractivity contribution in [2.75, 3.05) is 33.2 Å². The van der Waals surface area contributed by atoms with Gasteiger partial charge < -0.3 is 24.4 Å². The Morgan fingerprint density at radius 2 is 1.84 bits per heavy atom. The molecule has 4 rings (SSSR count). The molecular formula is C24H25N3O4. The molecule has 0 fully saturated rings. The minimum atomic E-state index is -0.274. The summed E-state index contributed by atoms with van der Waals surface area (Å²) in [5.41, 5.74) is 4.28. The van der Waals surface area contributed by atoms with Crippen LogP contribution >= 0.6 is 0 Å². The van der Waals surface area contributed by atoms with Gasteiger partial charge in [0.1, 0.15) is 6.17 Å². The van der Waals surface area contributed by atoms with E-state index in [4.69, 9.17) is 19.2 Å². The van der Waals surface area contributed by atoms with Gasteiger partial charge in [-0.2, -0.15) is 0 Å². The van der Waals surface area contributed by atoms with E-state index in [2.05, 4.69) is 29.4 Å². The molecule has 0 spiro atoms. The summed E-state index contributed by atoms with van der Waals surface area (Å²) in [7, 11) is 4.56. The van der Waals surface area contributed by atoms with Crippen molar-refractivity contribution in [2.45, 2.75) is 13.1 Å². The van der Waals surface area contributed by atoms with E-state index in [1.165, 1.54) is 26.9 Å². The first-order valence-corrected chi connectivity index (χ1v) is 9.93. The minimum Gasteiger partial charge on any atom is -0.493 e. The molecule has 160 valence electrons. The average Bonchev–Trinajstić information content (AvgIpc) is 3.24. The molecule has 2 aliphatic rings. The first-order chi connectivity index (χ1) is 15.0. The van der Waals surface area contributed by atoms with E-state index in [1.807, 2.05) is 30.3 Å². The molecule has 2 aromatic rings. The minimum absolute atomic E-state index is 0.0532. The van der Waals surface area contributed by atoms with Gasteiger partial charge in [-0.3, -0.25) is 9.79 Å². The second-order valence-electron chi connectivity index (χ2n) is 7.32. The molecule has 31 heavy (non-hydrogen) atoms. The molecular weight excluding hydrogens is 394 g/mol. The van der Waals surface area contributed by atoms with Gasteiger partial charge in [0.2, 0.25) is 5.75 Å². The van der Waals surface area contributed by atoms with Crippen LogP contribution in [0.4, 0.5) is 5.69 Å². The summed E-state index contributed by atoms with van der Waals surface area (Å²) in [6.07, 6.45) is 6.24. The predicted molar refractivity (Wildman–Crippen MR) is 120 cm³/mol. The van der Waals surface area contributed by atoms with Crippen LogP contribution in [0.5, 0.6) is 17.2 Å². The molecule has 0 bridgehead atoms. The third-order valence-corrected chi connectivity index (χ3v) is 5.35. The highest BCUT2D eigenvalue weighted by Gasteiger charge is 2.27. The number of carbonyl (C=O) groups excluding carboxylic acids is 1. The number of nitrogens with zero attached hydrogens (tertiary/aromatic N) is 2. The lowest BCUT2D eigenvalue weighted by atomic mass is 10.1. The fraction of sp³-hybridized carbons (Fsp3) is 0.250. The van der Waals surface area contributed by atoms with Gasteiger partial charge in [0.15, 0.2) is 11.5 Å². The number of rotatable bonds is 6. The van der Waals surface area contributed by atoms with Gasteiger partial charge >= 0.3 is 0 Å². The Bertz CT molecular complexity index is 1080. The summed E-state index contributed by atoms with van der Waals surface area (Å²) in [4.78, 5) is 20.0. The molecule has 1 amide bonds. The Labute approximate surface area is 181 Å². The molecule has 1 unspecified atom stereocenters. The highest BCUT2D eigenvalue weighted by molar-refractivity contribution is 6.07. The van der Waals surface area contributed by atoms with Gasteiger partial charge in [-0.1, -0.05) is 18.2 Å². The number of hydrogen-bond donors (Lipinski definition) is 1. The zero-order valence-corrected chi connectivity index (χ0v) is 18.0. The van der Waals surface area contributed by atoms with Crippen molar-refractivity contribution in [1.29, 1.82) is 0 Å². The van der Waals surface area contributed by atoms with Crippen molar-refractivity contribution in [3.8, 4) is 17.2 Å². The van der Waals surface area contributed by atoms with Gasteiger partial charge in [0, 0.05) is 17.5 Å². The Balaban J connectivity index is 1.56. The van der Waals surface area contributed by atoms with Crippen molar-refractivity contribution in [3.05, 3.63) is 71.5 Å². The summed E-state index contributed by atoms with van der Waals surface area (Å²) < 4.78 is 16.0. The number of methoxy groups -OCH3 is 3. The quantitative estimate of drug-likeness (QED) is 0.770. The molecule has 1 N–H and O–H groups in total. The summed E-state index contributed by atoms with van der Waals surface area (Å²) in [5, 5.41) is 2.95. The Kier molecular flexibility index (Phi) is 5.66. The van der Waals surface area contributed by atoms with Crippen LogP contribution < -0.4 is 19.5 Å². The maximum absolute atomic E-state index is 12.9. The number of nitrogens with one attached hydrogen (secondary N) is 1. The monoisotopic (exact) mass is 419 g/mol. The van der Waals surface area contributed by atoms with Gasteiger partial charge in [0.05, 0.1) is 33.6 Å². The second-order valence-corrected chi connectivity index (χ2v) is 7.32. The maximum atomic E-state index is 12.9. The largest absolute Gasteiger partial charge is 0.493 e. The summed E-state index contributed by atoms with van der Waals surface area (Å²) in [6, 6.07) is 11.0. The molecule has 0 aliphatic carbocycles. The van der Waals surface area contributed by atoms with Gasteiger partial charge in [-0.25, -0.2) is 0 Å². The van der Waals surface area contributed by atoms with Crippen molar-refractivity contribution >= 4 is 17.3 Å². The number of allylic oxidation sites excluding steroid dienone is 2. The Morgan fingerprint density at radius 3 is 2.48 bits per heavy atom. The lowest BCUT2D eigenvalue weighted by molar-refractivity contribution is 0.102. The first-order valence-electron chi connectivity index (χ1n) is 9.93. The van der Waals surface area contributed by atoms with E-state index < -0.39 is 0 Å². The van der Waals surface area contributed by atoms with E-state index in [9.17, 15) is 4.79 Å². The lowest BCUT2D eigenvalue weighted by Gasteiger charge is -2.24. The Morgan fingerprint density at radius 1 is 1.10 bits per heavy atom. The molecule has 2 aromatic carbocycles. The molecule has 0 saturated heterocycles. The molecule has 1 atom stereocenters. The number of amides is 1. The topological polar surface area (TPSA) is 72.4 Å². The third kappa shape index (κ3) is 3.99. The van der Waals surface area contributed by atoms with Crippen molar-refractivity contribution in [2.24, 2.45) is 4.99 Å². The van der Waals surface area contributed by atoms with E-state index in [0.717, 1.165) is 17.8 Å². The van der Waals surface area contributed by atoms with Crippen LogP contribution in [0, 0.1) is 0 Å². The van der Waals surface area contributed by atoms with Gasteiger partial charge in [-0.15, -0.1) is 0 Å². The van der Waals surface area contributed by atoms with Crippen molar-refractivity contribution in [3.63, 3.8) is 0 Å². The number of ether oxygens (including phenoxy) is 3. The fourth-order valence-corrected chi connectivity index (χ4v) is 3.77. The van der Waals surface area contributed by atoms with Crippen LogP contribution in [0.3, 0.4) is 0 Å². The molecule has 0 aromatic heterocycles. The van der Waals surface area contributed by atoms with Crippen LogP contribution in [0.1, 0.15) is 22.8 Å². The highest BCUT2D eigenvalue weighted by Crippen LogP contribution is 2.38. The van der Waals surface area contributed by atoms with Crippen LogP contribution in [0.25, 0.3) is 0 Å². The molecule has 2 aliphatic heterocycles. The summed E-state index contributed by atoms with van der Waals surface area (Å²) in [5.74, 6) is 1.02. The van der Waals surface area contributed by atoms with Gasteiger partial charge in [0.25, 0.3) is 5.91 Å². The van der Waals surface area contributed by atoms with Crippen molar-refractivity contribution < 1.29 is 19.0 Å². The molecule has 2 heterocycles. The molecule has 0 radical (unpaired) electrons. The first kappa shape index (κ1) is 20.5. The van der Waals surface area contributed by atoms with E-state index in [1.54, 1.807) is 12.1 Å². The number of carbonyl (C=O) groups is 1. The third-order valence-electron chi connectivity index (χ3n) is 5.35. The number of fused-ring (bicyclic) bond motifs is 1. The molecule has 7 heteroatoms. The number of anilines is 1. The van der Waals surface area contributed by atoms with Crippen molar-refractivity contribution in [1.82, 2.24) is 4.90 Å². The number of aliphatic imine (C=N–C) groups is 1. The SMILES string of the molecule is COc1cc(C(=O)Nc2cccc(C3=NC4C(C)=CC=CN4C3)c2)cc(OC)c1OC. The maximum Gasteiger partial charge on any atom is 0.255 e. The zero-order chi connectivity index (χ0) is 22.0. The lowest BCUT2D eigenvalue weighted by Crippen LogP contribution is -2.28. The zero-order valence-electron chi connectivity index (χ0n) is 18.0. The molecule has 0 saturated carbocycles. The van der Waals surface area contributed by atoms with Gasteiger partial charge in [-0.05, 0) is 48.4 Å². The number of hydrogen-bond acceptors (Lipinski definition) is 6. The smallest absolute Gasteiger partial charge is 0.255 e. The standard InChI is InChI=1S/C24H25N3O4/c1-15-7-6-10-27-14-19(26-23(15)27)16-8-5-9-18(11-16)25-24(28)17-12-20(29-2)22(31-4)21(13-17)30-3/h5-13,23H,14H2,1-4H3,(H,25,28). The Hall–Kier alpha value is -3.74. The number of benzene rings is 2. The van der Waals surface area contributed by atoms with E-state index in [-0.39, 0.29) is 12.1 Å². The van der Waals surface area contributed by atoms with Crippen LogP contribution in [0.2, 0.25) is 0 Å². The van der Waals surface area contributed by atoms with Crippen LogP contribution in [-0.4, -0.2) is 50.6 Å². The fourth-order valence-electron chi connectivity index (χ4n) is 3.77. The summed E-state index contributed by atoms with van der Waals surface area (Å²) in [6.45, 7) is 2.82. The highest BCUT2D eigenvalue weighted by atomic mass is 16.5.